The first kappa shape index (κ1) is 18.9. The number of hydrogen-bond donors (Lipinski definition) is 2. The first-order valence-electron chi connectivity index (χ1n) is 8.14. The van der Waals surface area contributed by atoms with E-state index in [0.29, 0.717) is 17.7 Å². The van der Waals surface area contributed by atoms with Gasteiger partial charge in [0, 0.05) is 38.1 Å². The molecule has 0 aromatic heterocycles. The van der Waals surface area contributed by atoms with E-state index in [0.717, 1.165) is 38.6 Å². The van der Waals surface area contributed by atoms with Crippen molar-refractivity contribution in [2.75, 3.05) is 11.9 Å². The Hall–Kier alpha value is -2.17. The molecule has 0 saturated carbocycles. The molecule has 2 amide bonds. The molecule has 0 atom stereocenters. The Morgan fingerprint density at radius 3 is 2.04 bits per heavy atom. The molecule has 0 aliphatic heterocycles. The van der Waals surface area contributed by atoms with Crippen LogP contribution in [0.5, 0.6) is 0 Å². The maximum atomic E-state index is 12.1. The molecule has 126 valence electrons. The molecular weight excluding hydrogens is 292 g/mol. The summed E-state index contributed by atoms with van der Waals surface area (Å²) in [5.41, 5.74) is 1.39. The van der Waals surface area contributed by atoms with Gasteiger partial charge in [0.05, 0.1) is 0 Å². The molecular formula is C18H26N2O3. The van der Waals surface area contributed by atoms with E-state index in [9.17, 15) is 14.4 Å². The fraction of sp³-hybridized carbons (Fsp3) is 0.500. The molecule has 0 aliphatic rings. The van der Waals surface area contributed by atoms with Crippen LogP contribution in [0.3, 0.4) is 0 Å². The van der Waals surface area contributed by atoms with Crippen molar-refractivity contribution in [3.8, 4) is 0 Å². The lowest BCUT2D eigenvalue weighted by Gasteiger charge is -2.05. The normalized spacial score (nSPS) is 10.2. The Kier molecular flexibility index (Phi) is 8.65. The molecule has 0 bridgehead atoms. The zero-order chi connectivity index (χ0) is 17.1. The van der Waals surface area contributed by atoms with Crippen LogP contribution in [-0.4, -0.2) is 24.1 Å². The van der Waals surface area contributed by atoms with Crippen LogP contribution < -0.4 is 10.6 Å². The number of amides is 2. The maximum absolute atomic E-state index is 12.1. The molecule has 0 saturated heterocycles. The van der Waals surface area contributed by atoms with E-state index in [1.807, 2.05) is 0 Å². The zero-order valence-corrected chi connectivity index (χ0v) is 14.0. The molecule has 1 aromatic rings. The van der Waals surface area contributed by atoms with E-state index < -0.39 is 0 Å². The van der Waals surface area contributed by atoms with Gasteiger partial charge in [-0.3, -0.25) is 14.4 Å². The van der Waals surface area contributed by atoms with Gasteiger partial charge in [-0.25, -0.2) is 0 Å². The minimum atomic E-state index is -0.123. The predicted octanol–water partition coefficient (Wildman–Crippen LogP) is 3.30. The number of carbonyl (C=O) groups is 3. The van der Waals surface area contributed by atoms with Crippen LogP contribution in [0.25, 0.3) is 0 Å². The van der Waals surface area contributed by atoms with Crippen LogP contribution in [-0.2, 0) is 9.59 Å². The molecule has 0 fully saturated rings. The monoisotopic (exact) mass is 318 g/mol. The third-order valence-corrected chi connectivity index (χ3v) is 3.48. The fourth-order valence-electron chi connectivity index (χ4n) is 2.29. The van der Waals surface area contributed by atoms with Crippen molar-refractivity contribution < 1.29 is 14.4 Å². The Morgan fingerprint density at radius 1 is 0.826 bits per heavy atom. The summed E-state index contributed by atoms with van der Waals surface area (Å²) in [6.45, 7) is 3.71. The molecule has 23 heavy (non-hydrogen) atoms. The second-order valence-electron chi connectivity index (χ2n) is 5.68. The quantitative estimate of drug-likeness (QED) is 0.513. The van der Waals surface area contributed by atoms with E-state index in [4.69, 9.17) is 0 Å². The van der Waals surface area contributed by atoms with E-state index in [-0.39, 0.29) is 17.6 Å². The summed E-state index contributed by atoms with van der Waals surface area (Å²) in [5, 5.41) is 5.45. The van der Waals surface area contributed by atoms with Crippen LogP contribution in [0.15, 0.2) is 24.3 Å². The average Bonchev–Trinajstić information content (AvgIpc) is 2.49. The predicted molar refractivity (Wildman–Crippen MR) is 91.5 cm³/mol. The molecule has 0 spiro atoms. The van der Waals surface area contributed by atoms with E-state index in [1.165, 1.54) is 13.8 Å². The van der Waals surface area contributed by atoms with Gasteiger partial charge in [-0.05, 0) is 37.1 Å². The molecule has 0 unspecified atom stereocenters. The second-order valence-corrected chi connectivity index (χ2v) is 5.68. The minimum Gasteiger partial charge on any atom is -0.356 e. The topological polar surface area (TPSA) is 75.3 Å². The van der Waals surface area contributed by atoms with Gasteiger partial charge in [0.15, 0.2) is 5.78 Å². The second kappa shape index (κ2) is 10.5. The molecule has 0 aliphatic carbocycles. The summed E-state index contributed by atoms with van der Waals surface area (Å²) < 4.78 is 0. The number of unbranched alkanes of at least 4 members (excludes halogenated alkanes) is 4. The van der Waals surface area contributed by atoms with Crippen molar-refractivity contribution in [3.05, 3.63) is 29.8 Å². The van der Waals surface area contributed by atoms with Gasteiger partial charge in [0.2, 0.25) is 11.8 Å². The summed E-state index contributed by atoms with van der Waals surface area (Å²) in [4.78, 5) is 33.7. The lowest BCUT2D eigenvalue weighted by atomic mass is 10.0. The van der Waals surface area contributed by atoms with E-state index in [1.54, 1.807) is 24.3 Å². The molecule has 1 rings (SSSR count). The van der Waals surface area contributed by atoms with Crippen molar-refractivity contribution >= 4 is 23.3 Å². The fourth-order valence-corrected chi connectivity index (χ4v) is 2.29. The van der Waals surface area contributed by atoms with Crippen molar-refractivity contribution in [1.82, 2.24) is 5.32 Å². The highest BCUT2D eigenvalue weighted by Gasteiger charge is 2.06. The minimum absolute atomic E-state index is 0.0140. The van der Waals surface area contributed by atoms with Crippen LogP contribution in [0.4, 0.5) is 5.69 Å². The summed E-state index contributed by atoms with van der Waals surface area (Å²) in [5.74, 6) is 0.0281. The third kappa shape index (κ3) is 8.76. The summed E-state index contributed by atoms with van der Waals surface area (Å²) >= 11 is 0. The molecule has 0 radical (unpaired) electrons. The summed E-state index contributed by atoms with van der Waals surface area (Å²) in [7, 11) is 0. The van der Waals surface area contributed by atoms with Gasteiger partial charge >= 0.3 is 0 Å². The highest BCUT2D eigenvalue weighted by molar-refractivity contribution is 5.97. The van der Waals surface area contributed by atoms with Crippen molar-refractivity contribution in [2.45, 2.75) is 52.4 Å². The van der Waals surface area contributed by atoms with Crippen molar-refractivity contribution in [2.24, 2.45) is 0 Å². The van der Waals surface area contributed by atoms with Gasteiger partial charge in [-0.2, -0.15) is 0 Å². The average molecular weight is 318 g/mol. The van der Waals surface area contributed by atoms with Crippen LogP contribution in [0, 0.1) is 0 Å². The van der Waals surface area contributed by atoms with Crippen molar-refractivity contribution in [3.63, 3.8) is 0 Å². The van der Waals surface area contributed by atoms with Crippen LogP contribution in [0.1, 0.15) is 62.7 Å². The van der Waals surface area contributed by atoms with Crippen LogP contribution >= 0.6 is 0 Å². The Balaban J connectivity index is 2.16. The van der Waals surface area contributed by atoms with Gasteiger partial charge in [-0.1, -0.05) is 19.3 Å². The maximum Gasteiger partial charge on any atom is 0.221 e. The van der Waals surface area contributed by atoms with Gasteiger partial charge in [0.25, 0.3) is 0 Å². The number of rotatable bonds is 10. The van der Waals surface area contributed by atoms with Crippen molar-refractivity contribution in [1.29, 1.82) is 0 Å². The number of carbonyl (C=O) groups excluding carboxylic acids is 3. The number of nitrogens with one attached hydrogen (secondary N) is 2. The Labute approximate surface area is 137 Å². The molecule has 5 heteroatoms. The SMILES string of the molecule is CC(=O)NCCCCCCCC(=O)c1ccc(NC(C)=O)cc1. The largest absolute Gasteiger partial charge is 0.356 e. The molecule has 0 heterocycles. The molecule has 5 nitrogen and oxygen atoms in total. The Morgan fingerprint density at radius 2 is 1.43 bits per heavy atom. The number of benzene rings is 1. The van der Waals surface area contributed by atoms with E-state index in [2.05, 4.69) is 10.6 Å². The zero-order valence-electron chi connectivity index (χ0n) is 14.0. The lowest BCUT2D eigenvalue weighted by molar-refractivity contribution is -0.119. The highest BCUT2D eigenvalue weighted by atomic mass is 16.2. The van der Waals surface area contributed by atoms with Crippen LogP contribution in [0.2, 0.25) is 0 Å². The van der Waals surface area contributed by atoms with Gasteiger partial charge in [-0.15, -0.1) is 0 Å². The first-order valence-corrected chi connectivity index (χ1v) is 8.14. The number of ketones is 1. The molecule has 1 aromatic carbocycles. The standard InChI is InChI=1S/C18H26N2O3/c1-14(21)19-13-7-5-3-4-6-8-18(23)16-9-11-17(12-10-16)20-15(2)22/h9-12H,3-8,13H2,1-2H3,(H,19,21)(H,20,22). The van der Waals surface area contributed by atoms with E-state index >= 15 is 0 Å². The van der Waals surface area contributed by atoms with Gasteiger partial charge < -0.3 is 10.6 Å². The third-order valence-electron chi connectivity index (χ3n) is 3.48. The highest BCUT2D eigenvalue weighted by Crippen LogP contribution is 2.13. The number of anilines is 1. The lowest BCUT2D eigenvalue weighted by Crippen LogP contribution is -2.20. The number of hydrogen-bond acceptors (Lipinski definition) is 3. The van der Waals surface area contributed by atoms with Gasteiger partial charge in [0.1, 0.15) is 0 Å². The smallest absolute Gasteiger partial charge is 0.221 e. The Bertz CT molecular complexity index is 524. The summed E-state index contributed by atoms with van der Waals surface area (Å²) in [6, 6.07) is 7.00. The number of Topliss-reactive ketones (excluding diaryl/α,β-unsaturated/α-hetero) is 1. The molecule has 2 N–H and O–H groups in total. The summed E-state index contributed by atoms with van der Waals surface area (Å²) in [6.07, 6.45) is 5.58. The first-order chi connectivity index (χ1) is 11.0.